The molecule has 2 atom stereocenters. The minimum atomic E-state index is -0.0507. The zero-order chi connectivity index (χ0) is 24.0. The molecular weight excluding hydrogens is 416 g/mol. The lowest BCUT2D eigenvalue weighted by molar-refractivity contribution is -0.0436. The Bertz CT molecular complexity index is 1090. The second kappa shape index (κ2) is 10.6. The van der Waals surface area contributed by atoms with Crippen LogP contribution < -0.4 is 0 Å². The first-order chi connectivity index (χ1) is 16.5. The summed E-state index contributed by atoms with van der Waals surface area (Å²) in [6.45, 7) is 9.52. The largest absolute Gasteiger partial charge is 0.373 e. The first-order valence-electron chi connectivity index (χ1n) is 12.4. The maximum atomic E-state index is 9.16. The minimum absolute atomic E-state index is 0.0112. The van der Waals surface area contributed by atoms with Crippen LogP contribution in [0.2, 0.25) is 0 Å². The summed E-state index contributed by atoms with van der Waals surface area (Å²) in [4.78, 5) is 2.65. The molecule has 0 bridgehead atoms. The Morgan fingerprint density at radius 2 is 1.62 bits per heavy atom. The van der Waals surface area contributed by atoms with Crippen molar-refractivity contribution in [2.75, 3.05) is 19.7 Å². The number of nitriles is 1. The molecule has 0 amide bonds. The lowest BCUT2D eigenvalue weighted by atomic mass is 9.73. The molecule has 1 aliphatic rings. The molecule has 0 radical (unpaired) electrons. The molecule has 0 saturated carbocycles. The molecule has 0 N–H and O–H groups in total. The van der Waals surface area contributed by atoms with Crippen LogP contribution in [0.4, 0.5) is 0 Å². The van der Waals surface area contributed by atoms with Crippen LogP contribution in [0.5, 0.6) is 0 Å². The highest BCUT2D eigenvalue weighted by Gasteiger charge is 2.48. The van der Waals surface area contributed by atoms with Gasteiger partial charge in [-0.2, -0.15) is 5.26 Å². The molecule has 176 valence electrons. The molecule has 3 aromatic carbocycles. The quantitative estimate of drug-likeness (QED) is 0.354. The predicted octanol–water partition coefficient (Wildman–Crippen LogP) is 6.90. The highest BCUT2D eigenvalue weighted by Crippen LogP contribution is 2.50. The molecule has 1 aliphatic heterocycles. The Balaban J connectivity index is 1.65. The Kier molecular flexibility index (Phi) is 7.51. The van der Waals surface area contributed by atoms with E-state index in [9.17, 15) is 0 Å². The molecule has 0 spiro atoms. The zero-order valence-corrected chi connectivity index (χ0v) is 20.7. The summed E-state index contributed by atoms with van der Waals surface area (Å²) < 4.78 is 6.54. The average Bonchev–Trinajstić information content (AvgIpc) is 3.33. The van der Waals surface area contributed by atoms with Gasteiger partial charge in [0, 0.05) is 24.1 Å². The highest BCUT2D eigenvalue weighted by atomic mass is 16.5. The normalized spacial score (nSPS) is 19.6. The van der Waals surface area contributed by atoms with E-state index in [2.05, 4.69) is 105 Å². The number of likely N-dealkylation sites (tertiary alicyclic amines) is 1. The van der Waals surface area contributed by atoms with Crippen molar-refractivity contribution in [3.63, 3.8) is 0 Å². The third kappa shape index (κ3) is 5.09. The SMILES string of the molecule is CCOC(c1ccccc1)[C@]1(CCc2ccc(C#N)cc2)CCN(C(C)(C)c2ccccc2)C1. The van der Waals surface area contributed by atoms with E-state index in [4.69, 9.17) is 10.00 Å². The smallest absolute Gasteiger partial charge is 0.0991 e. The van der Waals surface area contributed by atoms with Gasteiger partial charge in [-0.3, -0.25) is 4.90 Å². The highest BCUT2D eigenvalue weighted by molar-refractivity contribution is 5.32. The fraction of sp³-hybridized carbons (Fsp3) is 0.387. The zero-order valence-electron chi connectivity index (χ0n) is 20.7. The van der Waals surface area contributed by atoms with Gasteiger partial charge in [-0.25, -0.2) is 0 Å². The molecule has 1 heterocycles. The maximum Gasteiger partial charge on any atom is 0.0991 e. The van der Waals surface area contributed by atoms with Crippen molar-refractivity contribution in [2.24, 2.45) is 5.41 Å². The second-order valence-electron chi connectivity index (χ2n) is 10.0. The number of hydrogen-bond acceptors (Lipinski definition) is 3. The van der Waals surface area contributed by atoms with Crippen molar-refractivity contribution in [2.45, 2.75) is 51.7 Å². The first kappa shape index (κ1) is 24.2. The fourth-order valence-corrected chi connectivity index (χ4v) is 5.51. The van der Waals surface area contributed by atoms with Crippen LogP contribution in [-0.4, -0.2) is 24.6 Å². The molecule has 3 aromatic rings. The molecule has 3 nitrogen and oxygen atoms in total. The van der Waals surface area contributed by atoms with E-state index < -0.39 is 0 Å². The van der Waals surface area contributed by atoms with Crippen molar-refractivity contribution in [3.8, 4) is 6.07 Å². The van der Waals surface area contributed by atoms with E-state index in [-0.39, 0.29) is 17.1 Å². The number of rotatable bonds is 9. The van der Waals surface area contributed by atoms with Gasteiger partial charge in [0.05, 0.1) is 17.7 Å². The van der Waals surface area contributed by atoms with Crippen LogP contribution in [0.1, 0.15) is 62.0 Å². The summed E-state index contributed by atoms with van der Waals surface area (Å²) in [5.74, 6) is 0. The van der Waals surface area contributed by atoms with Crippen LogP contribution in [-0.2, 0) is 16.7 Å². The fourth-order valence-electron chi connectivity index (χ4n) is 5.51. The van der Waals surface area contributed by atoms with E-state index in [0.29, 0.717) is 12.2 Å². The lowest BCUT2D eigenvalue weighted by Crippen LogP contribution is -2.43. The minimum Gasteiger partial charge on any atom is -0.373 e. The van der Waals surface area contributed by atoms with E-state index in [0.717, 1.165) is 32.4 Å². The van der Waals surface area contributed by atoms with Crippen LogP contribution in [0, 0.1) is 16.7 Å². The standard InChI is InChI=1S/C31H36N2O/c1-4-34-29(27-11-7-5-8-12-27)31(20-19-25-15-17-26(23-32)18-16-25)21-22-33(24-31)30(2,3)28-13-9-6-10-14-28/h5-18,29H,4,19-22,24H2,1-3H3/t29?,31-/m1/s1. The Labute approximate surface area is 205 Å². The molecule has 1 unspecified atom stereocenters. The molecule has 1 fully saturated rings. The van der Waals surface area contributed by atoms with E-state index in [1.165, 1.54) is 16.7 Å². The van der Waals surface area contributed by atoms with Gasteiger partial charge in [0.25, 0.3) is 0 Å². The average molecular weight is 453 g/mol. The van der Waals surface area contributed by atoms with Gasteiger partial charge in [0.15, 0.2) is 0 Å². The third-order valence-corrected chi connectivity index (χ3v) is 7.64. The first-order valence-corrected chi connectivity index (χ1v) is 12.4. The van der Waals surface area contributed by atoms with Gasteiger partial charge in [0.1, 0.15) is 0 Å². The molecule has 34 heavy (non-hydrogen) atoms. The molecule has 1 saturated heterocycles. The van der Waals surface area contributed by atoms with E-state index >= 15 is 0 Å². The van der Waals surface area contributed by atoms with Crippen molar-refractivity contribution in [1.82, 2.24) is 4.90 Å². The number of benzene rings is 3. The van der Waals surface area contributed by atoms with Gasteiger partial charge in [0.2, 0.25) is 0 Å². The summed E-state index contributed by atoms with van der Waals surface area (Å²) >= 11 is 0. The number of nitrogens with zero attached hydrogens (tertiary/aromatic N) is 2. The van der Waals surface area contributed by atoms with Crippen molar-refractivity contribution >= 4 is 0 Å². The van der Waals surface area contributed by atoms with Gasteiger partial charge in [-0.1, -0.05) is 72.8 Å². The van der Waals surface area contributed by atoms with Crippen molar-refractivity contribution < 1.29 is 4.74 Å². The van der Waals surface area contributed by atoms with Crippen LogP contribution in [0.3, 0.4) is 0 Å². The Morgan fingerprint density at radius 3 is 2.24 bits per heavy atom. The summed E-state index contributed by atoms with van der Waals surface area (Å²) in [5.41, 5.74) is 4.57. The van der Waals surface area contributed by atoms with Gasteiger partial charge < -0.3 is 4.74 Å². The van der Waals surface area contributed by atoms with Crippen molar-refractivity contribution in [1.29, 1.82) is 5.26 Å². The molecule has 0 aliphatic carbocycles. The molecule has 4 rings (SSSR count). The van der Waals surface area contributed by atoms with E-state index in [1.807, 2.05) is 12.1 Å². The topological polar surface area (TPSA) is 36.3 Å². The number of ether oxygens (including phenoxy) is 1. The predicted molar refractivity (Wildman–Crippen MR) is 138 cm³/mol. The van der Waals surface area contributed by atoms with Gasteiger partial charge >= 0.3 is 0 Å². The Morgan fingerprint density at radius 1 is 0.971 bits per heavy atom. The van der Waals surface area contributed by atoms with Crippen molar-refractivity contribution in [3.05, 3.63) is 107 Å². The summed E-state index contributed by atoms with van der Waals surface area (Å²) in [6, 6.07) is 31.9. The maximum absolute atomic E-state index is 9.16. The van der Waals surface area contributed by atoms with Crippen LogP contribution in [0.15, 0.2) is 84.9 Å². The third-order valence-electron chi connectivity index (χ3n) is 7.64. The molecule has 3 heteroatoms. The monoisotopic (exact) mass is 452 g/mol. The van der Waals surface area contributed by atoms with Crippen LogP contribution in [0.25, 0.3) is 0 Å². The van der Waals surface area contributed by atoms with Gasteiger partial charge in [-0.05, 0) is 75.4 Å². The number of hydrogen-bond donors (Lipinski definition) is 0. The molecular formula is C31H36N2O. The van der Waals surface area contributed by atoms with E-state index in [1.54, 1.807) is 0 Å². The van der Waals surface area contributed by atoms with Gasteiger partial charge in [-0.15, -0.1) is 0 Å². The summed E-state index contributed by atoms with van der Waals surface area (Å²) in [6.07, 6.45) is 3.16. The summed E-state index contributed by atoms with van der Waals surface area (Å²) in [7, 11) is 0. The molecule has 0 aromatic heterocycles. The Hall–Kier alpha value is -2.93. The second-order valence-corrected chi connectivity index (χ2v) is 10.0. The van der Waals surface area contributed by atoms with Crippen LogP contribution >= 0.6 is 0 Å². The number of aryl methyl sites for hydroxylation is 1. The summed E-state index contributed by atoms with van der Waals surface area (Å²) in [5, 5.41) is 9.16. The lowest BCUT2D eigenvalue weighted by Gasteiger charge is -2.41.